The molecule has 1 aliphatic heterocycles. The summed E-state index contributed by atoms with van der Waals surface area (Å²) in [6.07, 6.45) is -6.17. The van der Waals surface area contributed by atoms with Gasteiger partial charge in [-0.25, -0.2) is 4.39 Å². The number of rotatable bonds is 2. The van der Waals surface area contributed by atoms with Gasteiger partial charge >= 0.3 is 6.18 Å². The highest BCUT2D eigenvalue weighted by Gasteiger charge is 2.46. The minimum absolute atomic E-state index is 0.0503. The molecule has 1 aromatic heterocycles. The van der Waals surface area contributed by atoms with Crippen molar-refractivity contribution in [2.75, 3.05) is 5.32 Å². The summed E-state index contributed by atoms with van der Waals surface area (Å²) in [7, 11) is 0. The van der Waals surface area contributed by atoms with Gasteiger partial charge in [-0.2, -0.15) is 13.2 Å². The maximum Gasteiger partial charge on any atom is 0.428 e. The molecule has 0 spiro atoms. The maximum atomic E-state index is 12.8. The summed E-state index contributed by atoms with van der Waals surface area (Å²) in [6, 6.07) is 0.249. The molecule has 2 amide bonds. The predicted molar refractivity (Wildman–Crippen MR) is 59.5 cm³/mol. The Hall–Kier alpha value is -2.19. The normalized spacial score (nSPS) is 19.8. The first-order valence-electron chi connectivity index (χ1n) is 5.54. The molecule has 0 radical (unpaired) electrons. The molecule has 1 aliphatic rings. The van der Waals surface area contributed by atoms with Gasteiger partial charge in [0.2, 0.25) is 5.91 Å². The van der Waals surface area contributed by atoms with Crippen LogP contribution in [0, 0.1) is 0 Å². The fourth-order valence-electron chi connectivity index (χ4n) is 1.75. The number of carbonyl (C=O) groups is 2. The Morgan fingerprint density at radius 3 is 2.85 bits per heavy atom. The first kappa shape index (κ1) is 14.2. The zero-order valence-corrected chi connectivity index (χ0v) is 9.87. The number of alkyl halides is 4. The van der Waals surface area contributed by atoms with Crippen molar-refractivity contribution in [1.82, 2.24) is 10.3 Å². The molecule has 5 nitrogen and oxygen atoms in total. The number of hydrogen-bond acceptors (Lipinski definition) is 3. The Kier molecular flexibility index (Phi) is 3.60. The molecule has 20 heavy (non-hydrogen) atoms. The highest BCUT2D eigenvalue weighted by atomic mass is 19.4. The lowest BCUT2D eigenvalue weighted by atomic mass is 10.0. The SMILES string of the molecule is O=C1Nc2ccncc2CC1NC(=O)C(F)C(F)(F)F. The van der Waals surface area contributed by atoms with E-state index in [0.29, 0.717) is 11.3 Å². The molecule has 0 aromatic carbocycles. The number of hydrogen-bond donors (Lipinski definition) is 2. The molecule has 2 rings (SSSR count). The molecule has 108 valence electrons. The van der Waals surface area contributed by atoms with E-state index in [1.807, 2.05) is 0 Å². The number of pyridine rings is 1. The fourth-order valence-corrected chi connectivity index (χ4v) is 1.75. The zero-order chi connectivity index (χ0) is 14.9. The Morgan fingerprint density at radius 2 is 2.20 bits per heavy atom. The van der Waals surface area contributed by atoms with Gasteiger partial charge in [-0.3, -0.25) is 14.6 Å². The van der Waals surface area contributed by atoms with Crippen LogP contribution in [0.5, 0.6) is 0 Å². The van der Waals surface area contributed by atoms with Crippen LogP contribution >= 0.6 is 0 Å². The largest absolute Gasteiger partial charge is 0.428 e. The summed E-state index contributed by atoms with van der Waals surface area (Å²) in [5.41, 5.74) is 1.00. The molecule has 9 heteroatoms. The number of nitrogens with one attached hydrogen (secondary N) is 2. The van der Waals surface area contributed by atoms with Gasteiger partial charge in [0.25, 0.3) is 12.1 Å². The van der Waals surface area contributed by atoms with Crippen molar-refractivity contribution in [3.8, 4) is 0 Å². The van der Waals surface area contributed by atoms with Gasteiger partial charge < -0.3 is 10.6 Å². The lowest BCUT2D eigenvalue weighted by Gasteiger charge is -2.25. The topological polar surface area (TPSA) is 71.1 Å². The second-order valence-electron chi connectivity index (χ2n) is 4.19. The van der Waals surface area contributed by atoms with Crippen molar-refractivity contribution in [3.63, 3.8) is 0 Å². The Morgan fingerprint density at radius 1 is 1.50 bits per heavy atom. The van der Waals surface area contributed by atoms with Crippen LogP contribution in [-0.4, -0.2) is 35.2 Å². The molecule has 2 N–H and O–H groups in total. The van der Waals surface area contributed by atoms with Crippen molar-refractivity contribution in [1.29, 1.82) is 0 Å². The molecule has 2 unspecified atom stereocenters. The van der Waals surface area contributed by atoms with Crippen molar-refractivity contribution < 1.29 is 27.2 Å². The Bertz CT molecular complexity index is 547. The Labute approximate surface area is 110 Å². The lowest BCUT2D eigenvalue weighted by Crippen LogP contribution is -2.52. The van der Waals surface area contributed by atoms with E-state index in [-0.39, 0.29) is 6.42 Å². The van der Waals surface area contributed by atoms with Gasteiger partial charge in [0.05, 0.1) is 0 Å². The first-order valence-corrected chi connectivity index (χ1v) is 5.54. The molecular weight excluding hydrogens is 282 g/mol. The standard InChI is InChI=1S/C11H9F4N3O2/c12-8(11(13,14)15)10(20)18-7-3-5-4-16-2-1-6(5)17-9(7)19/h1-2,4,7-8H,3H2,(H,17,19)(H,18,20). The predicted octanol–water partition coefficient (Wildman–Crippen LogP) is 0.961. The molecule has 0 saturated carbocycles. The summed E-state index contributed by atoms with van der Waals surface area (Å²) in [5, 5.41) is 4.14. The third-order valence-corrected chi connectivity index (χ3v) is 2.74. The summed E-state index contributed by atoms with van der Waals surface area (Å²) in [5.74, 6) is -2.59. The van der Waals surface area contributed by atoms with Gasteiger partial charge in [-0.15, -0.1) is 0 Å². The maximum absolute atomic E-state index is 12.8. The molecule has 0 aliphatic carbocycles. The van der Waals surface area contributed by atoms with Gasteiger partial charge in [0.1, 0.15) is 6.04 Å². The molecule has 1 aromatic rings. The van der Waals surface area contributed by atoms with E-state index >= 15 is 0 Å². The van der Waals surface area contributed by atoms with E-state index in [0.717, 1.165) is 0 Å². The molecule has 0 fully saturated rings. The molecular formula is C11H9F4N3O2. The van der Waals surface area contributed by atoms with Crippen LogP contribution in [0.3, 0.4) is 0 Å². The lowest BCUT2D eigenvalue weighted by molar-refractivity contribution is -0.187. The minimum Gasteiger partial charge on any atom is -0.341 e. The smallest absolute Gasteiger partial charge is 0.341 e. The summed E-state index contributed by atoms with van der Waals surface area (Å²) in [6.45, 7) is 0. The molecule has 0 bridgehead atoms. The van der Waals surface area contributed by atoms with Crippen LogP contribution in [0.15, 0.2) is 18.5 Å². The molecule has 2 heterocycles. The number of aromatic nitrogens is 1. The monoisotopic (exact) mass is 291 g/mol. The average Bonchev–Trinajstić information content (AvgIpc) is 2.37. The number of amides is 2. The zero-order valence-electron chi connectivity index (χ0n) is 9.87. The van der Waals surface area contributed by atoms with Crippen molar-refractivity contribution in [2.45, 2.75) is 24.8 Å². The van der Waals surface area contributed by atoms with Crippen molar-refractivity contribution in [2.24, 2.45) is 0 Å². The summed E-state index contributed by atoms with van der Waals surface area (Å²) < 4.78 is 48.9. The quantitative estimate of drug-likeness (QED) is 0.797. The highest BCUT2D eigenvalue weighted by molar-refractivity contribution is 6.00. The molecule has 0 saturated heterocycles. The van der Waals surface area contributed by atoms with Crippen molar-refractivity contribution in [3.05, 3.63) is 24.0 Å². The summed E-state index contributed by atoms with van der Waals surface area (Å²) >= 11 is 0. The van der Waals surface area contributed by atoms with Crippen LogP contribution in [0.1, 0.15) is 5.56 Å². The van der Waals surface area contributed by atoms with E-state index in [1.165, 1.54) is 18.5 Å². The number of carbonyl (C=O) groups excluding carboxylic acids is 2. The van der Waals surface area contributed by atoms with E-state index in [1.54, 1.807) is 5.32 Å². The van der Waals surface area contributed by atoms with Crippen LogP contribution in [0.4, 0.5) is 23.2 Å². The van der Waals surface area contributed by atoms with E-state index in [9.17, 15) is 27.2 Å². The van der Waals surface area contributed by atoms with Gasteiger partial charge in [-0.1, -0.05) is 0 Å². The molecule has 2 atom stereocenters. The second kappa shape index (κ2) is 5.06. The van der Waals surface area contributed by atoms with E-state index in [4.69, 9.17) is 0 Å². The third kappa shape index (κ3) is 2.86. The second-order valence-corrected chi connectivity index (χ2v) is 4.19. The minimum atomic E-state index is -5.30. The third-order valence-electron chi connectivity index (χ3n) is 2.74. The first-order chi connectivity index (χ1) is 9.29. The van der Waals surface area contributed by atoms with Gasteiger partial charge in [0.15, 0.2) is 0 Å². The van der Waals surface area contributed by atoms with Crippen LogP contribution < -0.4 is 10.6 Å². The van der Waals surface area contributed by atoms with E-state index < -0.39 is 30.2 Å². The van der Waals surface area contributed by atoms with Crippen LogP contribution in [0.25, 0.3) is 0 Å². The van der Waals surface area contributed by atoms with Crippen LogP contribution in [0.2, 0.25) is 0 Å². The summed E-state index contributed by atoms with van der Waals surface area (Å²) in [4.78, 5) is 26.5. The fraction of sp³-hybridized carbons (Fsp3) is 0.364. The average molecular weight is 291 g/mol. The number of nitrogens with zero attached hydrogens (tertiary/aromatic N) is 1. The number of anilines is 1. The Balaban J connectivity index is 2.08. The number of fused-ring (bicyclic) bond motifs is 1. The number of halogens is 4. The van der Waals surface area contributed by atoms with Crippen LogP contribution in [-0.2, 0) is 16.0 Å². The van der Waals surface area contributed by atoms with Crippen molar-refractivity contribution >= 4 is 17.5 Å². The van der Waals surface area contributed by atoms with Gasteiger partial charge in [-0.05, 0) is 11.6 Å². The van der Waals surface area contributed by atoms with Gasteiger partial charge in [0, 0.05) is 24.5 Å². The highest BCUT2D eigenvalue weighted by Crippen LogP contribution is 2.24. The van der Waals surface area contributed by atoms with E-state index in [2.05, 4.69) is 10.3 Å².